The van der Waals surface area contributed by atoms with Crippen molar-refractivity contribution < 1.29 is 9.53 Å². The Balaban J connectivity index is 1.56. The van der Waals surface area contributed by atoms with Gasteiger partial charge in [0.1, 0.15) is 5.75 Å². The van der Waals surface area contributed by atoms with Crippen molar-refractivity contribution in [1.29, 1.82) is 0 Å². The number of nitrogens with zero attached hydrogens (tertiary/aromatic N) is 4. The molecule has 27 heavy (non-hydrogen) atoms. The molecule has 0 unspecified atom stereocenters. The summed E-state index contributed by atoms with van der Waals surface area (Å²) in [6.07, 6.45) is 1.72. The lowest BCUT2D eigenvalue weighted by atomic mass is 10.2. The van der Waals surface area contributed by atoms with E-state index in [2.05, 4.69) is 20.5 Å². The Morgan fingerprint density at radius 2 is 2.07 bits per heavy atom. The Labute approximate surface area is 159 Å². The van der Waals surface area contributed by atoms with Crippen molar-refractivity contribution >= 4 is 33.4 Å². The molecular formula is C19H17N5O2S. The molecular weight excluding hydrogens is 362 g/mol. The van der Waals surface area contributed by atoms with Gasteiger partial charge in [-0.15, -0.1) is 10.2 Å². The second-order valence-corrected chi connectivity index (χ2v) is 6.83. The molecule has 0 aliphatic rings. The number of nitrogens with one attached hydrogen (secondary N) is 1. The van der Waals surface area contributed by atoms with E-state index in [0.717, 1.165) is 22.3 Å². The smallest absolute Gasteiger partial charge is 0.257 e. The second-order valence-electron chi connectivity index (χ2n) is 5.85. The van der Waals surface area contributed by atoms with Gasteiger partial charge in [-0.1, -0.05) is 23.5 Å². The van der Waals surface area contributed by atoms with Gasteiger partial charge in [-0.25, -0.2) is 4.98 Å². The Morgan fingerprint density at radius 1 is 1.22 bits per heavy atom. The summed E-state index contributed by atoms with van der Waals surface area (Å²) in [5, 5.41) is 12.2. The molecule has 7 nitrogen and oxygen atoms in total. The van der Waals surface area contributed by atoms with Crippen LogP contribution in [0.2, 0.25) is 0 Å². The third-order valence-electron chi connectivity index (χ3n) is 4.05. The first-order valence-corrected chi connectivity index (χ1v) is 9.25. The van der Waals surface area contributed by atoms with E-state index in [1.54, 1.807) is 18.5 Å². The summed E-state index contributed by atoms with van der Waals surface area (Å²) < 4.78 is 7.54. The van der Waals surface area contributed by atoms with Crippen LogP contribution < -0.4 is 10.1 Å². The number of ether oxygens (including phenoxy) is 1. The van der Waals surface area contributed by atoms with Gasteiger partial charge < -0.3 is 9.30 Å². The third-order valence-corrected chi connectivity index (χ3v) is 4.92. The molecule has 1 amide bonds. The zero-order valence-corrected chi connectivity index (χ0v) is 15.7. The number of imidazole rings is 1. The zero-order valence-electron chi connectivity index (χ0n) is 14.8. The van der Waals surface area contributed by atoms with Crippen LogP contribution in [0.5, 0.6) is 5.75 Å². The maximum Gasteiger partial charge on any atom is 0.257 e. The maximum atomic E-state index is 12.5. The number of benzene rings is 2. The van der Waals surface area contributed by atoms with Crippen LogP contribution >= 0.6 is 11.3 Å². The van der Waals surface area contributed by atoms with Crippen molar-refractivity contribution in [3.8, 4) is 16.3 Å². The number of aryl methyl sites for hydroxylation is 1. The molecule has 1 N–H and O–H groups in total. The largest absolute Gasteiger partial charge is 0.493 e. The van der Waals surface area contributed by atoms with Crippen LogP contribution in [0, 0.1) is 0 Å². The number of carbonyl (C=O) groups excluding carboxylic acids is 1. The quantitative estimate of drug-likeness (QED) is 0.571. The van der Waals surface area contributed by atoms with E-state index in [0.29, 0.717) is 22.3 Å². The molecule has 0 spiro atoms. The van der Waals surface area contributed by atoms with E-state index in [1.807, 2.05) is 48.9 Å². The van der Waals surface area contributed by atoms with E-state index in [9.17, 15) is 4.79 Å². The summed E-state index contributed by atoms with van der Waals surface area (Å²) in [4.78, 5) is 16.8. The van der Waals surface area contributed by atoms with Gasteiger partial charge in [-0.3, -0.25) is 10.1 Å². The fourth-order valence-corrected chi connectivity index (χ4v) is 3.52. The van der Waals surface area contributed by atoms with Crippen LogP contribution in [-0.4, -0.2) is 32.3 Å². The zero-order chi connectivity index (χ0) is 18.8. The molecule has 0 aliphatic carbocycles. The summed E-state index contributed by atoms with van der Waals surface area (Å²) in [5.41, 5.74) is 3.12. The number of hydrogen-bond acceptors (Lipinski definition) is 6. The van der Waals surface area contributed by atoms with E-state index >= 15 is 0 Å². The van der Waals surface area contributed by atoms with Gasteiger partial charge in [0.15, 0.2) is 5.01 Å². The van der Waals surface area contributed by atoms with Crippen LogP contribution in [0.1, 0.15) is 17.3 Å². The van der Waals surface area contributed by atoms with Gasteiger partial charge in [0.25, 0.3) is 5.91 Å². The first-order valence-electron chi connectivity index (χ1n) is 8.44. The first-order chi connectivity index (χ1) is 13.2. The minimum Gasteiger partial charge on any atom is -0.493 e. The van der Waals surface area contributed by atoms with Crippen molar-refractivity contribution in [2.24, 2.45) is 7.05 Å². The van der Waals surface area contributed by atoms with Gasteiger partial charge >= 0.3 is 0 Å². The van der Waals surface area contributed by atoms with Gasteiger partial charge in [-0.2, -0.15) is 0 Å². The number of aromatic nitrogens is 4. The molecule has 0 saturated heterocycles. The summed E-state index contributed by atoms with van der Waals surface area (Å²) in [5.74, 6) is 0.498. The molecule has 4 rings (SSSR count). The fourth-order valence-electron chi connectivity index (χ4n) is 2.75. The molecule has 2 heterocycles. The number of rotatable bonds is 5. The minimum atomic E-state index is -0.247. The number of amides is 1. The van der Waals surface area contributed by atoms with E-state index in [-0.39, 0.29) is 5.91 Å². The van der Waals surface area contributed by atoms with Crippen LogP contribution in [0.15, 0.2) is 48.8 Å². The second kappa shape index (κ2) is 7.16. The predicted octanol–water partition coefficient (Wildman–Crippen LogP) is 3.74. The summed E-state index contributed by atoms with van der Waals surface area (Å²) in [7, 11) is 1.91. The Hall–Kier alpha value is -3.26. The molecule has 0 saturated carbocycles. The third kappa shape index (κ3) is 3.39. The Bertz CT molecular complexity index is 1120. The molecule has 2 aromatic heterocycles. The average molecular weight is 379 g/mol. The highest BCUT2D eigenvalue weighted by atomic mass is 32.1. The number of fused-ring (bicyclic) bond motifs is 1. The molecule has 0 fully saturated rings. The van der Waals surface area contributed by atoms with Crippen molar-refractivity contribution in [2.75, 3.05) is 11.9 Å². The van der Waals surface area contributed by atoms with Gasteiger partial charge in [-0.05, 0) is 37.3 Å². The molecule has 8 heteroatoms. The normalized spacial score (nSPS) is 10.9. The monoisotopic (exact) mass is 379 g/mol. The highest BCUT2D eigenvalue weighted by Crippen LogP contribution is 2.33. The molecule has 2 aromatic carbocycles. The molecule has 136 valence electrons. The number of para-hydroxylation sites is 1. The number of anilines is 1. The van der Waals surface area contributed by atoms with Crippen LogP contribution in [0.4, 0.5) is 5.13 Å². The molecule has 0 radical (unpaired) electrons. The van der Waals surface area contributed by atoms with Crippen molar-refractivity contribution in [3.05, 3.63) is 54.4 Å². The highest BCUT2D eigenvalue weighted by Gasteiger charge is 2.15. The van der Waals surface area contributed by atoms with Crippen LogP contribution in [0.3, 0.4) is 0 Å². The van der Waals surface area contributed by atoms with Crippen molar-refractivity contribution in [3.63, 3.8) is 0 Å². The minimum absolute atomic E-state index is 0.247. The topological polar surface area (TPSA) is 81.9 Å². The Kier molecular flexibility index (Phi) is 4.55. The SMILES string of the molecule is CCOc1ccccc1-c1nnc(NC(=O)c2ccc3c(c2)ncn3C)s1. The summed E-state index contributed by atoms with van der Waals surface area (Å²) >= 11 is 1.30. The van der Waals surface area contributed by atoms with Crippen LogP contribution in [0.25, 0.3) is 21.6 Å². The van der Waals surface area contributed by atoms with Gasteiger partial charge in [0.05, 0.1) is 29.5 Å². The van der Waals surface area contributed by atoms with Crippen LogP contribution in [-0.2, 0) is 7.05 Å². The summed E-state index contributed by atoms with van der Waals surface area (Å²) in [6.45, 7) is 2.50. The van der Waals surface area contributed by atoms with Crippen molar-refractivity contribution in [2.45, 2.75) is 6.92 Å². The van der Waals surface area contributed by atoms with E-state index in [1.165, 1.54) is 11.3 Å². The molecule has 0 bridgehead atoms. The molecule has 4 aromatic rings. The lowest BCUT2D eigenvalue weighted by Crippen LogP contribution is -2.11. The first kappa shape index (κ1) is 17.2. The molecule has 0 atom stereocenters. The van der Waals surface area contributed by atoms with Gasteiger partial charge in [0.2, 0.25) is 5.13 Å². The standard InChI is InChI=1S/C19H17N5O2S/c1-3-26-16-7-5-4-6-13(16)18-22-23-19(27-18)21-17(25)12-8-9-15-14(10-12)20-11-24(15)2/h4-11H,3H2,1-2H3,(H,21,23,25). The summed E-state index contributed by atoms with van der Waals surface area (Å²) in [6, 6.07) is 13.0. The average Bonchev–Trinajstić information content (AvgIpc) is 3.29. The lowest BCUT2D eigenvalue weighted by molar-refractivity contribution is 0.102. The fraction of sp³-hybridized carbons (Fsp3) is 0.158. The lowest BCUT2D eigenvalue weighted by Gasteiger charge is -2.06. The predicted molar refractivity (Wildman–Crippen MR) is 105 cm³/mol. The number of hydrogen-bond donors (Lipinski definition) is 1. The highest BCUT2D eigenvalue weighted by molar-refractivity contribution is 7.18. The van der Waals surface area contributed by atoms with E-state index < -0.39 is 0 Å². The van der Waals surface area contributed by atoms with Crippen molar-refractivity contribution in [1.82, 2.24) is 19.7 Å². The Morgan fingerprint density at radius 3 is 2.93 bits per heavy atom. The number of carbonyl (C=O) groups is 1. The van der Waals surface area contributed by atoms with Gasteiger partial charge in [0, 0.05) is 12.6 Å². The molecule has 0 aliphatic heterocycles. The maximum absolute atomic E-state index is 12.5. The van der Waals surface area contributed by atoms with E-state index in [4.69, 9.17) is 4.74 Å².